The van der Waals surface area contributed by atoms with Crippen molar-refractivity contribution in [2.24, 2.45) is 0 Å². The summed E-state index contributed by atoms with van der Waals surface area (Å²) in [5.74, 6) is -0.288. The number of nitrogens with one attached hydrogen (secondary N) is 2. The van der Waals surface area contributed by atoms with Gasteiger partial charge in [-0.2, -0.15) is 0 Å². The molecule has 138 valence electrons. The van der Waals surface area contributed by atoms with Crippen LogP contribution in [0.5, 0.6) is 0 Å². The predicted octanol–water partition coefficient (Wildman–Crippen LogP) is 1.77. The Kier molecular flexibility index (Phi) is 6.57. The maximum Gasteiger partial charge on any atom is 0.322 e. The van der Waals surface area contributed by atoms with Crippen molar-refractivity contribution in [1.29, 1.82) is 0 Å². The Morgan fingerprint density at radius 2 is 1.77 bits per heavy atom. The lowest BCUT2D eigenvalue weighted by Crippen LogP contribution is -3.14. The molecule has 1 aliphatic rings. The highest BCUT2D eigenvalue weighted by Crippen LogP contribution is 2.12. The molecule has 0 unspecified atom stereocenters. The van der Waals surface area contributed by atoms with Crippen molar-refractivity contribution in [1.82, 2.24) is 4.90 Å². The van der Waals surface area contributed by atoms with E-state index in [0.717, 1.165) is 38.5 Å². The molecule has 1 fully saturated rings. The number of nitrogens with zero attached hydrogens (tertiary/aromatic N) is 1. The molecule has 2 amide bonds. The van der Waals surface area contributed by atoms with Crippen LogP contribution in [0.25, 0.3) is 0 Å². The number of carbonyl (C=O) groups excluding carboxylic acids is 1. The molecule has 3 rings (SSSR count). The largest absolute Gasteiger partial charge is 0.370 e. The number of rotatable bonds is 6. The average molecular weight is 358 g/mol. The molecule has 26 heavy (non-hydrogen) atoms. The van der Waals surface area contributed by atoms with Gasteiger partial charge < -0.3 is 19.9 Å². The molecule has 2 aromatic carbocycles. The van der Waals surface area contributed by atoms with E-state index in [-0.39, 0.29) is 18.4 Å². The number of hydrogen-bond acceptors (Lipinski definition) is 2. The molecule has 1 aliphatic heterocycles. The van der Waals surface area contributed by atoms with Gasteiger partial charge in [0.15, 0.2) is 0 Å². The fourth-order valence-electron chi connectivity index (χ4n) is 3.01. The average Bonchev–Trinajstić information content (AvgIpc) is 2.68. The number of ether oxygens (including phenoxy) is 1. The zero-order valence-corrected chi connectivity index (χ0v) is 14.8. The normalized spacial score (nSPS) is 14.8. The molecule has 1 saturated heterocycles. The lowest BCUT2D eigenvalue weighted by molar-refractivity contribution is -0.907. The maximum atomic E-state index is 14.1. The van der Waals surface area contributed by atoms with Gasteiger partial charge in [0.05, 0.1) is 32.8 Å². The van der Waals surface area contributed by atoms with Crippen LogP contribution in [0.15, 0.2) is 54.6 Å². The van der Waals surface area contributed by atoms with Crippen LogP contribution in [0.1, 0.15) is 5.56 Å². The van der Waals surface area contributed by atoms with E-state index in [1.807, 2.05) is 30.3 Å². The Morgan fingerprint density at radius 1 is 1.08 bits per heavy atom. The fourth-order valence-corrected chi connectivity index (χ4v) is 3.01. The van der Waals surface area contributed by atoms with Gasteiger partial charge in [-0.1, -0.05) is 36.4 Å². The minimum atomic E-state index is -0.288. The first-order valence-electron chi connectivity index (χ1n) is 8.98. The van der Waals surface area contributed by atoms with Gasteiger partial charge >= 0.3 is 6.03 Å². The van der Waals surface area contributed by atoms with Gasteiger partial charge in [0.25, 0.3) is 0 Å². The first-order valence-corrected chi connectivity index (χ1v) is 8.98. The molecule has 0 aliphatic carbocycles. The van der Waals surface area contributed by atoms with E-state index >= 15 is 0 Å². The SMILES string of the molecule is O=C(Nc1ccccc1)N(CC[NH+]1CCOCC1)Cc1ccccc1F. The van der Waals surface area contributed by atoms with Gasteiger partial charge in [-0.3, -0.25) is 0 Å². The number of hydrogen-bond donors (Lipinski definition) is 2. The summed E-state index contributed by atoms with van der Waals surface area (Å²) in [6.45, 7) is 5.00. The minimum Gasteiger partial charge on any atom is -0.370 e. The fraction of sp³-hybridized carbons (Fsp3) is 0.350. The van der Waals surface area contributed by atoms with Crippen LogP contribution < -0.4 is 10.2 Å². The van der Waals surface area contributed by atoms with Crippen molar-refractivity contribution in [2.75, 3.05) is 44.7 Å². The van der Waals surface area contributed by atoms with Crippen molar-refractivity contribution in [2.45, 2.75) is 6.54 Å². The lowest BCUT2D eigenvalue weighted by atomic mass is 10.2. The molecule has 0 aromatic heterocycles. The van der Waals surface area contributed by atoms with Crippen molar-refractivity contribution >= 4 is 11.7 Å². The van der Waals surface area contributed by atoms with E-state index in [1.165, 1.54) is 11.0 Å². The summed E-state index contributed by atoms with van der Waals surface area (Å²) < 4.78 is 19.4. The van der Waals surface area contributed by atoms with Crippen LogP contribution in [-0.4, -0.2) is 50.3 Å². The predicted molar refractivity (Wildman–Crippen MR) is 98.7 cm³/mol. The summed E-state index contributed by atoms with van der Waals surface area (Å²) in [5.41, 5.74) is 1.25. The molecule has 0 bridgehead atoms. The highest BCUT2D eigenvalue weighted by atomic mass is 19.1. The number of para-hydroxylation sites is 1. The number of carbonyl (C=O) groups is 1. The highest BCUT2D eigenvalue weighted by molar-refractivity contribution is 5.89. The summed E-state index contributed by atoms with van der Waals surface area (Å²) in [6, 6.07) is 15.7. The Balaban J connectivity index is 1.67. The van der Waals surface area contributed by atoms with Crippen LogP contribution in [0, 0.1) is 5.82 Å². The quantitative estimate of drug-likeness (QED) is 0.827. The summed E-state index contributed by atoms with van der Waals surface area (Å²) in [5, 5.41) is 2.90. The lowest BCUT2D eigenvalue weighted by Gasteiger charge is -2.28. The molecule has 2 N–H and O–H groups in total. The summed E-state index contributed by atoms with van der Waals surface area (Å²) in [6.07, 6.45) is 0. The molecule has 6 heteroatoms. The highest BCUT2D eigenvalue weighted by Gasteiger charge is 2.20. The monoisotopic (exact) mass is 358 g/mol. The first-order chi connectivity index (χ1) is 12.7. The van der Waals surface area contributed by atoms with E-state index in [9.17, 15) is 9.18 Å². The Morgan fingerprint density at radius 3 is 2.50 bits per heavy atom. The second-order valence-electron chi connectivity index (χ2n) is 6.42. The number of amides is 2. The number of urea groups is 1. The van der Waals surface area contributed by atoms with Crippen molar-refractivity contribution < 1.29 is 18.8 Å². The third-order valence-corrected chi connectivity index (χ3v) is 4.57. The third-order valence-electron chi connectivity index (χ3n) is 4.57. The second kappa shape index (κ2) is 9.31. The van der Waals surface area contributed by atoms with E-state index in [1.54, 1.807) is 23.1 Å². The standard InChI is InChI=1S/C20H24FN3O2/c21-19-9-5-4-6-17(19)16-24(11-10-23-12-14-26-15-13-23)20(25)22-18-7-2-1-3-8-18/h1-9H,10-16H2,(H,22,25)/p+1. The van der Waals surface area contributed by atoms with E-state index in [4.69, 9.17) is 4.74 Å². The van der Waals surface area contributed by atoms with Gasteiger partial charge in [0.2, 0.25) is 0 Å². The summed E-state index contributed by atoms with van der Waals surface area (Å²) >= 11 is 0. The molecule has 1 heterocycles. The van der Waals surface area contributed by atoms with E-state index in [2.05, 4.69) is 5.32 Å². The van der Waals surface area contributed by atoms with Crippen LogP contribution in [-0.2, 0) is 11.3 Å². The van der Waals surface area contributed by atoms with Gasteiger partial charge in [0, 0.05) is 11.3 Å². The Bertz CT molecular complexity index is 705. The molecule has 2 aromatic rings. The topological polar surface area (TPSA) is 46.0 Å². The van der Waals surface area contributed by atoms with Crippen molar-refractivity contribution in [3.8, 4) is 0 Å². The third kappa shape index (κ3) is 5.28. The van der Waals surface area contributed by atoms with Gasteiger partial charge in [-0.05, 0) is 18.2 Å². The van der Waals surface area contributed by atoms with Crippen LogP contribution in [0.2, 0.25) is 0 Å². The van der Waals surface area contributed by atoms with E-state index in [0.29, 0.717) is 12.1 Å². The van der Waals surface area contributed by atoms with Crippen LogP contribution in [0.4, 0.5) is 14.9 Å². The molecule has 0 atom stereocenters. The maximum absolute atomic E-state index is 14.1. The number of quaternary nitrogens is 1. The Labute approximate surface area is 153 Å². The zero-order chi connectivity index (χ0) is 18.2. The van der Waals surface area contributed by atoms with Gasteiger partial charge in [0.1, 0.15) is 18.9 Å². The zero-order valence-electron chi connectivity index (χ0n) is 14.8. The van der Waals surface area contributed by atoms with E-state index < -0.39 is 0 Å². The molecular weight excluding hydrogens is 333 g/mol. The molecular formula is C20H25FN3O2+. The number of morpholine rings is 1. The number of halogens is 1. The van der Waals surface area contributed by atoms with Gasteiger partial charge in [-0.25, -0.2) is 9.18 Å². The Hall–Kier alpha value is -2.44. The van der Waals surface area contributed by atoms with Crippen molar-refractivity contribution in [3.05, 3.63) is 66.0 Å². The minimum absolute atomic E-state index is 0.216. The first kappa shape index (κ1) is 18.4. The molecule has 0 spiro atoms. The molecule has 5 nitrogen and oxygen atoms in total. The molecule has 0 radical (unpaired) electrons. The summed E-state index contributed by atoms with van der Waals surface area (Å²) in [4.78, 5) is 15.8. The number of benzene rings is 2. The van der Waals surface area contributed by atoms with Crippen LogP contribution in [0.3, 0.4) is 0 Å². The summed E-state index contributed by atoms with van der Waals surface area (Å²) in [7, 11) is 0. The second-order valence-corrected chi connectivity index (χ2v) is 6.42. The van der Waals surface area contributed by atoms with Gasteiger partial charge in [-0.15, -0.1) is 0 Å². The smallest absolute Gasteiger partial charge is 0.322 e. The van der Waals surface area contributed by atoms with Crippen molar-refractivity contribution in [3.63, 3.8) is 0 Å². The van der Waals surface area contributed by atoms with Crippen LogP contribution >= 0.6 is 0 Å². The number of anilines is 1. The molecule has 0 saturated carbocycles.